The minimum Gasteiger partial charge on any atom is -0.475 e. The molecule has 9 heteroatoms. The fraction of sp³-hybridized carbons (Fsp3) is 0.500. The summed E-state index contributed by atoms with van der Waals surface area (Å²) >= 11 is 8.31. The van der Waals surface area contributed by atoms with Crippen molar-refractivity contribution < 1.29 is 26.6 Å². The Hall–Kier alpha value is -0.501. The molecule has 0 unspecified atom stereocenters. The summed E-state index contributed by atoms with van der Waals surface area (Å²) in [6.45, 7) is 0. The van der Waals surface area contributed by atoms with E-state index in [-0.39, 0.29) is 34.8 Å². The monoisotopic (exact) mass is 269 g/mol. The van der Waals surface area contributed by atoms with Crippen molar-refractivity contribution in [1.82, 2.24) is 0 Å². The van der Waals surface area contributed by atoms with E-state index in [0.717, 1.165) is 0 Å². The van der Waals surface area contributed by atoms with Crippen LogP contribution in [0, 0.1) is 4.91 Å². The van der Waals surface area contributed by atoms with Gasteiger partial charge in [-0.05, 0) is 24.4 Å². The quantitative estimate of drug-likeness (QED) is 0.308. The van der Waals surface area contributed by atoms with Crippen molar-refractivity contribution in [1.29, 1.82) is 0 Å². The molecule has 0 saturated heterocycles. The molecule has 0 fully saturated rings. The molecule has 0 bridgehead atoms. The van der Waals surface area contributed by atoms with Gasteiger partial charge >= 0.3 is 0 Å². The maximum absolute atomic E-state index is 8.98. The summed E-state index contributed by atoms with van der Waals surface area (Å²) in [6, 6.07) is 0. The minimum atomic E-state index is -0.356. The third-order valence-corrected chi connectivity index (χ3v) is 0.570. The summed E-state index contributed by atoms with van der Waals surface area (Å²) in [4.78, 5) is 12.6. The van der Waals surface area contributed by atoms with Gasteiger partial charge in [-0.1, -0.05) is 7.43 Å². The maximum Gasteiger partial charge on any atom is 0.290 e. The molecule has 0 aromatic rings. The first-order valence-corrected chi connectivity index (χ1v) is 2.98. The van der Waals surface area contributed by atoms with Crippen LogP contribution in [0.2, 0.25) is 0 Å². The number of hydrogen-bond acceptors (Lipinski definition) is 6. The molecule has 4 N–H and O–H groups in total. The van der Waals surface area contributed by atoms with Crippen LogP contribution in [0.3, 0.4) is 0 Å². The third-order valence-electron chi connectivity index (χ3n) is 0.328. The summed E-state index contributed by atoms with van der Waals surface area (Å²) < 4.78 is 4.26. The Bertz CT molecular complexity index is 158. The molecule has 0 rings (SSSR count). The average Bonchev–Trinajstić information content (AvgIpc) is 1.89. The van der Waals surface area contributed by atoms with E-state index >= 15 is 0 Å². The van der Waals surface area contributed by atoms with Crippen molar-refractivity contribution in [3.8, 4) is 0 Å². The molecule has 0 aliphatic carbocycles. The van der Waals surface area contributed by atoms with E-state index in [2.05, 4.69) is 39.7 Å². The number of rotatable bonds is 1. The number of hydrogen-bond donors (Lipinski definition) is 2. The van der Waals surface area contributed by atoms with Gasteiger partial charge in [0, 0.05) is 17.1 Å². The summed E-state index contributed by atoms with van der Waals surface area (Å²) in [5.41, 5.74) is 9.42. The number of nitrogens with two attached hydrogens (primary N) is 2. The zero-order valence-electron chi connectivity index (χ0n) is 6.00. The molecule has 0 spiro atoms. The Kier molecular flexibility index (Phi) is 30.9. The van der Waals surface area contributed by atoms with Crippen LogP contribution in [0.4, 0.5) is 0 Å². The predicted octanol–water partition coefficient (Wildman–Crippen LogP) is 0.438. The number of nitrogens with zero attached hydrogens (tertiary/aromatic N) is 1. The molecule has 0 aromatic heterocycles. The number of methoxy groups -OCH3 is 1. The van der Waals surface area contributed by atoms with Gasteiger partial charge in [0.25, 0.3) is 10.3 Å². The molecule has 0 atom stereocenters. The van der Waals surface area contributed by atoms with Gasteiger partial charge < -0.3 is 16.2 Å². The maximum atomic E-state index is 8.98. The average molecular weight is 269 g/mol. The molecule has 0 saturated carbocycles. The Morgan fingerprint density at radius 3 is 1.62 bits per heavy atom. The molecule has 0 aliphatic heterocycles. The fourth-order valence-electron chi connectivity index (χ4n) is 0.0367. The Labute approximate surface area is 97.7 Å². The fourth-order valence-corrected chi connectivity index (χ4v) is 0.0672. The summed E-state index contributed by atoms with van der Waals surface area (Å²) in [6.07, 6.45) is 0. The van der Waals surface area contributed by atoms with Gasteiger partial charge in [-0.25, -0.2) is 0 Å². The summed E-state index contributed by atoms with van der Waals surface area (Å²) in [5.74, 6) is 0. The zero-order chi connectivity index (χ0) is 9.28. The van der Waals surface area contributed by atoms with E-state index in [1.54, 1.807) is 0 Å². The van der Waals surface area contributed by atoms with Crippen molar-refractivity contribution >= 4 is 34.8 Å². The molecule has 0 amide bonds. The van der Waals surface area contributed by atoms with Gasteiger partial charge in [0.1, 0.15) is 0 Å². The molecule has 0 aliphatic rings. The number of thiocarbonyl (C=S) groups is 2. The first-order valence-electron chi connectivity index (χ1n) is 2.17. The molecular formula is C4H11FeN3O3S2. The third kappa shape index (κ3) is 51.3. The molecular weight excluding hydrogens is 258 g/mol. The first-order chi connectivity index (χ1) is 5.04. The number of ether oxygens (including phenoxy) is 1. The largest absolute Gasteiger partial charge is 0.475 e. The molecule has 6 nitrogen and oxygen atoms in total. The van der Waals surface area contributed by atoms with Crippen LogP contribution in [-0.4, -0.2) is 17.5 Å². The first kappa shape index (κ1) is 22.9. The minimum absolute atomic E-state index is 0. The van der Waals surface area contributed by atoms with E-state index < -0.39 is 0 Å². The van der Waals surface area contributed by atoms with Gasteiger partial charge in [0.2, 0.25) is 0 Å². The van der Waals surface area contributed by atoms with Crippen LogP contribution >= 0.6 is 24.4 Å². The predicted molar refractivity (Wildman–Crippen MR) is 54.2 cm³/mol. The van der Waals surface area contributed by atoms with Crippen molar-refractivity contribution in [2.24, 2.45) is 16.8 Å². The van der Waals surface area contributed by atoms with E-state index in [1.807, 2.05) is 5.34 Å². The van der Waals surface area contributed by atoms with Gasteiger partial charge in [-0.2, -0.15) is 0 Å². The van der Waals surface area contributed by atoms with Crippen LogP contribution in [-0.2, 0) is 26.6 Å². The smallest absolute Gasteiger partial charge is 0.290 e. The molecule has 0 aromatic carbocycles. The summed E-state index contributed by atoms with van der Waals surface area (Å²) in [7, 11) is 1.43. The molecule has 0 radical (unpaired) electrons. The van der Waals surface area contributed by atoms with E-state index in [1.165, 1.54) is 7.11 Å². The Morgan fingerprint density at radius 2 is 1.62 bits per heavy atom. The second-order valence-corrected chi connectivity index (χ2v) is 1.81. The SMILES string of the molecule is C.COC(N)=S.NC(=S)ON=O.[Fe]. The van der Waals surface area contributed by atoms with Crippen molar-refractivity contribution in [2.45, 2.75) is 7.43 Å². The van der Waals surface area contributed by atoms with E-state index in [4.69, 9.17) is 10.6 Å². The van der Waals surface area contributed by atoms with Crippen molar-refractivity contribution in [2.75, 3.05) is 7.11 Å². The second kappa shape index (κ2) is 17.5. The topological polar surface area (TPSA) is 99.9 Å². The van der Waals surface area contributed by atoms with Gasteiger partial charge in [-0.3, -0.25) is 4.84 Å². The molecule has 13 heavy (non-hydrogen) atoms. The van der Waals surface area contributed by atoms with Crippen molar-refractivity contribution in [3.05, 3.63) is 4.91 Å². The van der Waals surface area contributed by atoms with Crippen LogP contribution in [0.25, 0.3) is 0 Å². The van der Waals surface area contributed by atoms with Gasteiger partial charge in [0.15, 0.2) is 5.34 Å². The van der Waals surface area contributed by atoms with Gasteiger partial charge in [-0.15, -0.1) is 4.91 Å². The van der Waals surface area contributed by atoms with E-state index in [9.17, 15) is 0 Å². The van der Waals surface area contributed by atoms with Crippen LogP contribution in [0.15, 0.2) is 5.34 Å². The van der Waals surface area contributed by atoms with Gasteiger partial charge in [0.05, 0.1) is 7.11 Å². The van der Waals surface area contributed by atoms with Crippen LogP contribution < -0.4 is 11.5 Å². The van der Waals surface area contributed by atoms with E-state index in [0.29, 0.717) is 0 Å². The Morgan fingerprint density at radius 1 is 1.31 bits per heavy atom. The Balaban J connectivity index is -0.0000000546. The van der Waals surface area contributed by atoms with Crippen molar-refractivity contribution in [3.63, 3.8) is 0 Å². The summed E-state index contributed by atoms with van der Waals surface area (Å²) in [5, 5.41) is 1.65. The van der Waals surface area contributed by atoms with Crippen LogP contribution in [0.1, 0.15) is 7.43 Å². The second-order valence-electron chi connectivity index (χ2n) is 1.01. The zero-order valence-corrected chi connectivity index (χ0v) is 8.73. The van der Waals surface area contributed by atoms with Crippen LogP contribution in [0.5, 0.6) is 0 Å². The normalized spacial score (nSPS) is 5.62. The molecule has 80 valence electrons. The standard InChI is InChI=1S/C2H5NOS.CH2N2O2S.CH4.Fe/c1-4-2(3)5;2-1(6)5-3-4;;/h1H3,(H2,3,5);(H2,2,6);1H4;. The molecule has 0 heterocycles.